The van der Waals surface area contributed by atoms with E-state index in [4.69, 9.17) is 0 Å². The molecule has 0 fully saturated rings. The van der Waals surface area contributed by atoms with Crippen molar-refractivity contribution in [2.45, 2.75) is 6.54 Å². The third-order valence-electron chi connectivity index (χ3n) is 1.66. The molecule has 0 saturated heterocycles. The molecule has 1 nitrogen and oxygen atoms in total. The molecular weight excluding hydrogens is 252 g/mol. The van der Waals surface area contributed by atoms with Gasteiger partial charge in [0.15, 0.2) is 11.6 Å². The smallest absolute Gasteiger partial charge is 0.163 e. The molecule has 0 aliphatic heterocycles. The third-order valence-corrected chi connectivity index (χ3v) is 1.94. The first-order valence-electron chi connectivity index (χ1n) is 4.08. The Morgan fingerprint density at radius 1 is 1.43 bits per heavy atom. The molecular formula is C10H10BrF2N. The van der Waals surface area contributed by atoms with Crippen LogP contribution in [0.2, 0.25) is 0 Å². The van der Waals surface area contributed by atoms with Gasteiger partial charge in [0.05, 0.1) is 0 Å². The second-order valence-electron chi connectivity index (χ2n) is 2.83. The Kier molecular flexibility index (Phi) is 4.22. The molecule has 1 aromatic rings. The van der Waals surface area contributed by atoms with E-state index < -0.39 is 11.6 Å². The molecule has 76 valence electrons. The van der Waals surface area contributed by atoms with Crippen molar-refractivity contribution in [2.24, 2.45) is 0 Å². The highest BCUT2D eigenvalue weighted by molar-refractivity contribution is 9.11. The first-order valence-corrected chi connectivity index (χ1v) is 4.87. The van der Waals surface area contributed by atoms with Crippen LogP contribution in [-0.2, 0) is 6.54 Å². The summed E-state index contributed by atoms with van der Waals surface area (Å²) >= 11 is 3.16. The van der Waals surface area contributed by atoms with Gasteiger partial charge >= 0.3 is 0 Å². The zero-order valence-electron chi connectivity index (χ0n) is 7.49. The topological polar surface area (TPSA) is 12.0 Å². The van der Waals surface area contributed by atoms with Crippen molar-refractivity contribution < 1.29 is 8.78 Å². The van der Waals surface area contributed by atoms with E-state index in [0.29, 0.717) is 12.1 Å². The fourth-order valence-electron chi connectivity index (χ4n) is 1.02. The molecule has 0 aromatic heterocycles. The van der Waals surface area contributed by atoms with Gasteiger partial charge in [-0.1, -0.05) is 34.6 Å². The average Bonchev–Trinajstić information content (AvgIpc) is 2.12. The lowest BCUT2D eigenvalue weighted by Crippen LogP contribution is -2.15. The molecule has 14 heavy (non-hydrogen) atoms. The summed E-state index contributed by atoms with van der Waals surface area (Å²) in [5.74, 6) is -1.61. The van der Waals surface area contributed by atoms with Crippen LogP contribution in [0, 0.1) is 11.6 Å². The van der Waals surface area contributed by atoms with E-state index in [2.05, 4.69) is 27.8 Å². The number of halogens is 3. The molecule has 0 unspecified atom stereocenters. The quantitative estimate of drug-likeness (QED) is 0.879. The van der Waals surface area contributed by atoms with Crippen LogP contribution in [0.4, 0.5) is 8.78 Å². The molecule has 0 amide bonds. The van der Waals surface area contributed by atoms with E-state index >= 15 is 0 Å². The average molecular weight is 262 g/mol. The molecule has 1 aromatic carbocycles. The van der Waals surface area contributed by atoms with Crippen LogP contribution < -0.4 is 5.32 Å². The molecule has 0 bridgehead atoms. The van der Waals surface area contributed by atoms with Gasteiger partial charge in [-0.25, -0.2) is 8.78 Å². The largest absolute Gasteiger partial charge is 0.308 e. The summed E-state index contributed by atoms with van der Waals surface area (Å²) in [5, 5.41) is 2.92. The number of hydrogen-bond donors (Lipinski definition) is 1. The summed E-state index contributed by atoms with van der Waals surface area (Å²) < 4.78 is 26.6. The van der Waals surface area contributed by atoms with Crippen LogP contribution in [0.25, 0.3) is 0 Å². The summed E-state index contributed by atoms with van der Waals surface area (Å²) in [5.41, 5.74) is 0.318. The maximum atomic E-state index is 13.1. The Bertz CT molecular complexity index is 339. The SMILES string of the molecule is C=C(Br)CNCc1cccc(F)c1F. The molecule has 0 heterocycles. The van der Waals surface area contributed by atoms with Gasteiger partial charge in [-0.05, 0) is 6.07 Å². The van der Waals surface area contributed by atoms with Crippen molar-refractivity contribution in [1.82, 2.24) is 5.32 Å². The molecule has 0 aliphatic rings. The number of hydrogen-bond acceptors (Lipinski definition) is 1. The van der Waals surface area contributed by atoms with E-state index in [-0.39, 0.29) is 6.54 Å². The van der Waals surface area contributed by atoms with Gasteiger partial charge in [-0.15, -0.1) is 0 Å². The minimum atomic E-state index is -0.818. The van der Waals surface area contributed by atoms with Crippen molar-refractivity contribution >= 4 is 15.9 Å². The van der Waals surface area contributed by atoms with Crippen molar-refractivity contribution in [3.05, 3.63) is 46.5 Å². The second kappa shape index (κ2) is 5.22. The molecule has 1 rings (SSSR count). The van der Waals surface area contributed by atoms with Gasteiger partial charge in [-0.2, -0.15) is 0 Å². The number of benzene rings is 1. The van der Waals surface area contributed by atoms with E-state index in [1.54, 1.807) is 6.07 Å². The van der Waals surface area contributed by atoms with E-state index in [1.165, 1.54) is 6.07 Å². The van der Waals surface area contributed by atoms with Crippen LogP contribution in [0.15, 0.2) is 29.3 Å². The predicted molar refractivity (Wildman–Crippen MR) is 56.1 cm³/mol. The highest BCUT2D eigenvalue weighted by Gasteiger charge is 2.06. The van der Waals surface area contributed by atoms with Crippen molar-refractivity contribution in [3.8, 4) is 0 Å². The van der Waals surface area contributed by atoms with Gasteiger partial charge in [0.2, 0.25) is 0 Å². The van der Waals surface area contributed by atoms with Gasteiger partial charge in [0.1, 0.15) is 0 Å². The summed E-state index contributed by atoms with van der Waals surface area (Å²) in [6.45, 7) is 4.42. The molecule has 1 N–H and O–H groups in total. The molecule has 0 aliphatic carbocycles. The Morgan fingerprint density at radius 3 is 2.79 bits per heavy atom. The number of rotatable bonds is 4. The predicted octanol–water partition coefficient (Wildman–Crippen LogP) is 2.96. The zero-order valence-corrected chi connectivity index (χ0v) is 9.07. The van der Waals surface area contributed by atoms with Crippen LogP contribution >= 0.6 is 15.9 Å². The molecule has 0 atom stereocenters. The maximum Gasteiger partial charge on any atom is 0.163 e. The lowest BCUT2D eigenvalue weighted by atomic mass is 10.2. The Labute approximate surface area is 90.0 Å². The third kappa shape index (κ3) is 3.20. The normalized spacial score (nSPS) is 10.2. The molecule has 4 heteroatoms. The first kappa shape index (κ1) is 11.3. The van der Waals surface area contributed by atoms with Crippen LogP contribution in [0.5, 0.6) is 0 Å². The highest BCUT2D eigenvalue weighted by Crippen LogP contribution is 2.11. The monoisotopic (exact) mass is 261 g/mol. The van der Waals surface area contributed by atoms with E-state index in [1.807, 2.05) is 0 Å². The minimum absolute atomic E-state index is 0.286. The van der Waals surface area contributed by atoms with Crippen LogP contribution in [-0.4, -0.2) is 6.54 Å². The van der Waals surface area contributed by atoms with Crippen molar-refractivity contribution in [1.29, 1.82) is 0 Å². The molecule has 0 radical (unpaired) electrons. The minimum Gasteiger partial charge on any atom is -0.308 e. The Hall–Kier alpha value is -0.740. The second-order valence-corrected chi connectivity index (χ2v) is 3.96. The fraction of sp³-hybridized carbons (Fsp3) is 0.200. The van der Waals surface area contributed by atoms with Crippen LogP contribution in [0.3, 0.4) is 0 Å². The summed E-state index contributed by atoms with van der Waals surface area (Å²) in [4.78, 5) is 0. The zero-order chi connectivity index (χ0) is 10.6. The van der Waals surface area contributed by atoms with Gasteiger partial charge < -0.3 is 5.32 Å². The Balaban J connectivity index is 2.59. The van der Waals surface area contributed by atoms with E-state index in [9.17, 15) is 8.78 Å². The Morgan fingerprint density at radius 2 is 2.14 bits per heavy atom. The van der Waals surface area contributed by atoms with Gasteiger partial charge in [-0.3, -0.25) is 0 Å². The summed E-state index contributed by atoms with van der Waals surface area (Å²) in [6.07, 6.45) is 0. The summed E-state index contributed by atoms with van der Waals surface area (Å²) in [6, 6.07) is 4.13. The van der Waals surface area contributed by atoms with E-state index in [0.717, 1.165) is 10.5 Å². The lowest BCUT2D eigenvalue weighted by Gasteiger charge is -2.05. The highest BCUT2D eigenvalue weighted by atomic mass is 79.9. The van der Waals surface area contributed by atoms with Crippen LogP contribution in [0.1, 0.15) is 5.56 Å². The molecule has 0 spiro atoms. The van der Waals surface area contributed by atoms with Gasteiger partial charge in [0, 0.05) is 23.1 Å². The summed E-state index contributed by atoms with van der Waals surface area (Å²) in [7, 11) is 0. The van der Waals surface area contributed by atoms with Crippen molar-refractivity contribution in [3.63, 3.8) is 0 Å². The number of nitrogens with one attached hydrogen (secondary N) is 1. The first-order chi connectivity index (χ1) is 6.61. The van der Waals surface area contributed by atoms with Crippen molar-refractivity contribution in [2.75, 3.05) is 6.54 Å². The maximum absolute atomic E-state index is 13.1. The standard InChI is InChI=1S/C10H10BrF2N/c1-7(11)5-14-6-8-3-2-4-9(12)10(8)13/h2-4,14H,1,5-6H2. The van der Waals surface area contributed by atoms with Gasteiger partial charge in [0.25, 0.3) is 0 Å². The fourth-order valence-corrected chi connectivity index (χ4v) is 1.22. The lowest BCUT2D eigenvalue weighted by molar-refractivity contribution is 0.494. The molecule has 0 saturated carbocycles.